The van der Waals surface area contributed by atoms with Crippen molar-refractivity contribution < 1.29 is 9.59 Å². The first-order chi connectivity index (χ1) is 11.1. The quantitative estimate of drug-likeness (QED) is 0.769. The van der Waals surface area contributed by atoms with E-state index >= 15 is 0 Å². The molecule has 1 aliphatic rings. The van der Waals surface area contributed by atoms with Gasteiger partial charge in [0, 0.05) is 43.9 Å². The molecule has 0 radical (unpaired) electrons. The van der Waals surface area contributed by atoms with E-state index in [1.807, 2.05) is 11.9 Å². The molecule has 23 heavy (non-hydrogen) atoms. The first kappa shape index (κ1) is 17.4. The molecule has 0 unspecified atom stereocenters. The SMILES string of the molecule is CNCCCC(=O)Nc1ccc(C(=O)N2CCN(C)CC2)cc1. The topological polar surface area (TPSA) is 64.7 Å². The highest BCUT2D eigenvalue weighted by molar-refractivity contribution is 5.95. The van der Waals surface area contributed by atoms with E-state index in [1.165, 1.54) is 0 Å². The lowest BCUT2D eigenvalue weighted by Crippen LogP contribution is -2.47. The Morgan fingerprint density at radius 1 is 1.09 bits per heavy atom. The van der Waals surface area contributed by atoms with Crippen LogP contribution >= 0.6 is 0 Å². The fourth-order valence-corrected chi connectivity index (χ4v) is 2.54. The van der Waals surface area contributed by atoms with Crippen molar-refractivity contribution in [2.45, 2.75) is 12.8 Å². The number of nitrogens with zero attached hydrogens (tertiary/aromatic N) is 2. The normalized spacial score (nSPS) is 15.5. The summed E-state index contributed by atoms with van der Waals surface area (Å²) in [6, 6.07) is 7.15. The molecular weight excluding hydrogens is 292 g/mol. The van der Waals surface area contributed by atoms with Gasteiger partial charge in [-0.05, 0) is 51.3 Å². The highest BCUT2D eigenvalue weighted by Crippen LogP contribution is 2.13. The maximum Gasteiger partial charge on any atom is 0.253 e. The number of hydrogen-bond acceptors (Lipinski definition) is 4. The Morgan fingerprint density at radius 2 is 1.74 bits per heavy atom. The number of carbonyl (C=O) groups is 2. The van der Waals surface area contributed by atoms with Crippen LogP contribution in [0.3, 0.4) is 0 Å². The van der Waals surface area contributed by atoms with E-state index in [4.69, 9.17) is 0 Å². The third kappa shape index (κ3) is 5.33. The summed E-state index contributed by atoms with van der Waals surface area (Å²) in [5.74, 6) is 0.0587. The zero-order chi connectivity index (χ0) is 16.7. The van der Waals surface area contributed by atoms with Crippen LogP contribution in [0.4, 0.5) is 5.69 Å². The summed E-state index contributed by atoms with van der Waals surface area (Å²) in [6.45, 7) is 4.17. The summed E-state index contributed by atoms with van der Waals surface area (Å²) in [5, 5.41) is 5.87. The van der Waals surface area contributed by atoms with Gasteiger partial charge in [0.2, 0.25) is 5.91 Å². The molecule has 2 amide bonds. The van der Waals surface area contributed by atoms with E-state index in [0.717, 1.165) is 44.8 Å². The Kier molecular flexibility index (Phi) is 6.55. The molecule has 1 heterocycles. The molecule has 0 aliphatic carbocycles. The van der Waals surface area contributed by atoms with Crippen molar-refractivity contribution in [3.05, 3.63) is 29.8 Å². The molecule has 0 bridgehead atoms. The Balaban J connectivity index is 1.86. The van der Waals surface area contributed by atoms with E-state index in [0.29, 0.717) is 12.0 Å². The van der Waals surface area contributed by atoms with Crippen molar-refractivity contribution in [2.75, 3.05) is 52.1 Å². The van der Waals surface area contributed by atoms with Crippen LogP contribution < -0.4 is 10.6 Å². The standard InChI is InChI=1S/C17H26N4O2/c1-18-9-3-4-16(22)19-15-7-5-14(6-8-15)17(23)21-12-10-20(2)11-13-21/h5-8,18H,3-4,9-13H2,1-2H3,(H,19,22). The fourth-order valence-electron chi connectivity index (χ4n) is 2.54. The minimum absolute atomic E-state index is 0.00149. The monoisotopic (exact) mass is 318 g/mol. The largest absolute Gasteiger partial charge is 0.336 e. The highest BCUT2D eigenvalue weighted by Gasteiger charge is 2.20. The number of piperazine rings is 1. The second kappa shape index (κ2) is 8.64. The fraction of sp³-hybridized carbons (Fsp3) is 0.529. The number of likely N-dealkylation sites (N-methyl/N-ethyl adjacent to an activating group) is 1. The average molecular weight is 318 g/mol. The molecule has 1 saturated heterocycles. The van der Waals surface area contributed by atoms with Gasteiger partial charge in [0.1, 0.15) is 0 Å². The van der Waals surface area contributed by atoms with E-state index < -0.39 is 0 Å². The molecule has 0 aromatic heterocycles. The lowest BCUT2D eigenvalue weighted by Gasteiger charge is -2.32. The predicted octanol–water partition coefficient (Wildman–Crippen LogP) is 1.01. The molecule has 126 valence electrons. The van der Waals surface area contributed by atoms with Crippen LogP contribution in [0.15, 0.2) is 24.3 Å². The van der Waals surface area contributed by atoms with Crippen LogP contribution in [0.2, 0.25) is 0 Å². The van der Waals surface area contributed by atoms with Crippen molar-refractivity contribution >= 4 is 17.5 Å². The first-order valence-electron chi connectivity index (χ1n) is 8.12. The molecule has 6 nitrogen and oxygen atoms in total. The van der Waals surface area contributed by atoms with Crippen LogP contribution in [-0.4, -0.2) is 68.4 Å². The maximum atomic E-state index is 12.4. The molecule has 2 N–H and O–H groups in total. The van der Waals surface area contributed by atoms with Gasteiger partial charge in [-0.3, -0.25) is 9.59 Å². The summed E-state index contributed by atoms with van der Waals surface area (Å²) >= 11 is 0. The number of benzene rings is 1. The zero-order valence-corrected chi connectivity index (χ0v) is 14.0. The van der Waals surface area contributed by atoms with Crippen molar-refractivity contribution in [1.82, 2.24) is 15.1 Å². The molecule has 6 heteroatoms. The summed E-state index contributed by atoms with van der Waals surface area (Å²) in [7, 11) is 3.93. The third-order valence-corrected chi connectivity index (χ3v) is 4.04. The molecule has 1 aromatic carbocycles. The molecule has 0 atom stereocenters. The van der Waals surface area contributed by atoms with Crippen LogP contribution in [-0.2, 0) is 4.79 Å². The average Bonchev–Trinajstić information content (AvgIpc) is 2.56. The van der Waals surface area contributed by atoms with Gasteiger partial charge in [0.15, 0.2) is 0 Å². The van der Waals surface area contributed by atoms with Gasteiger partial charge in [-0.25, -0.2) is 0 Å². The number of hydrogen-bond donors (Lipinski definition) is 2. The minimum atomic E-state index is -0.00149. The van der Waals surface area contributed by atoms with Crippen LogP contribution in [0.1, 0.15) is 23.2 Å². The molecule has 1 aromatic rings. The molecule has 2 rings (SSSR count). The zero-order valence-electron chi connectivity index (χ0n) is 14.0. The van der Waals surface area contributed by atoms with Crippen LogP contribution in [0.25, 0.3) is 0 Å². The van der Waals surface area contributed by atoms with Crippen molar-refractivity contribution in [3.8, 4) is 0 Å². The van der Waals surface area contributed by atoms with E-state index in [9.17, 15) is 9.59 Å². The van der Waals surface area contributed by atoms with Gasteiger partial charge in [-0.15, -0.1) is 0 Å². The van der Waals surface area contributed by atoms with Crippen molar-refractivity contribution in [3.63, 3.8) is 0 Å². The van der Waals surface area contributed by atoms with Gasteiger partial charge in [-0.2, -0.15) is 0 Å². The number of carbonyl (C=O) groups excluding carboxylic acids is 2. The molecule has 1 fully saturated rings. The Hall–Kier alpha value is -1.92. The second-order valence-corrected chi connectivity index (χ2v) is 5.93. The Bertz CT molecular complexity index is 522. The predicted molar refractivity (Wildman–Crippen MR) is 91.6 cm³/mol. The first-order valence-corrected chi connectivity index (χ1v) is 8.12. The smallest absolute Gasteiger partial charge is 0.253 e. The molecule has 1 aliphatic heterocycles. The van der Waals surface area contributed by atoms with Crippen molar-refractivity contribution in [2.24, 2.45) is 0 Å². The van der Waals surface area contributed by atoms with Crippen molar-refractivity contribution in [1.29, 1.82) is 0 Å². The summed E-state index contributed by atoms with van der Waals surface area (Å²) < 4.78 is 0. The number of anilines is 1. The molecule has 0 spiro atoms. The lowest BCUT2D eigenvalue weighted by molar-refractivity contribution is -0.116. The second-order valence-electron chi connectivity index (χ2n) is 5.93. The van der Waals surface area contributed by atoms with Gasteiger partial charge in [0.05, 0.1) is 0 Å². The lowest BCUT2D eigenvalue weighted by atomic mass is 10.1. The van der Waals surface area contributed by atoms with E-state index in [1.54, 1.807) is 24.3 Å². The molecular formula is C17H26N4O2. The van der Waals surface area contributed by atoms with E-state index in [-0.39, 0.29) is 11.8 Å². The van der Waals surface area contributed by atoms with E-state index in [2.05, 4.69) is 22.6 Å². The van der Waals surface area contributed by atoms with Crippen LogP contribution in [0, 0.1) is 0 Å². The van der Waals surface area contributed by atoms with Crippen LogP contribution in [0.5, 0.6) is 0 Å². The van der Waals surface area contributed by atoms with Gasteiger partial charge in [-0.1, -0.05) is 0 Å². The van der Waals surface area contributed by atoms with Gasteiger partial charge in [0.25, 0.3) is 5.91 Å². The summed E-state index contributed by atoms with van der Waals surface area (Å²) in [4.78, 5) is 28.3. The number of nitrogens with one attached hydrogen (secondary N) is 2. The van der Waals surface area contributed by atoms with Gasteiger partial charge >= 0.3 is 0 Å². The third-order valence-electron chi connectivity index (χ3n) is 4.04. The number of rotatable bonds is 6. The maximum absolute atomic E-state index is 12.4. The number of amides is 2. The highest BCUT2D eigenvalue weighted by atomic mass is 16.2. The Labute approximate surface area is 137 Å². The summed E-state index contributed by atoms with van der Waals surface area (Å²) in [5.41, 5.74) is 1.40. The van der Waals surface area contributed by atoms with Gasteiger partial charge < -0.3 is 20.4 Å². The Morgan fingerprint density at radius 3 is 2.35 bits per heavy atom. The minimum Gasteiger partial charge on any atom is -0.336 e. The molecule has 0 saturated carbocycles. The summed E-state index contributed by atoms with van der Waals surface area (Å²) in [6.07, 6.45) is 1.30.